The van der Waals surface area contributed by atoms with Crippen molar-refractivity contribution in [2.75, 3.05) is 11.9 Å². The van der Waals surface area contributed by atoms with Gasteiger partial charge in [-0.2, -0.15) is 0 Å². The first-order chi connectivity index (χ1) is 6.92. The first-order valence-corrected chi connectivity index (χ1v) is 4.69. The average Bonchev–Trinajstić information content (AvgIpc) is 2.26. The molecule has 0 unspecified atom stereocenters. The van der Waals surface area contributed by atoms with Crippen LogP contribution in [-0.2, 0) is 0 Å². The predicted octanol–water partition coefficient (Wildman–Crippen LogP) is 2.75. The van der Waals surface area contributed by atoms with Gasteiger partial charge in [0.2, 0.25) is 0 Å². The molecule has 0 bridgehead atoms. The van der Waals surface area contributed by atoms with Crippen LogP contribution in [0.25, 0.3) is 10.9 Å². The number of benzene rings is 1. The Morgan fingerprint density at radius 2 is 2.07 bits per heavy atom. The van der Waals surface area contributed by atoms with Crippen molar-refractivity contribution in [1.29, 1.82) is 0 Å². The van der Waals surface area contributed by atoms with Crippen LogP contribution >= 0.6 is 0 Å². The van der Waals surface area contributed by atoms with Crippen molar-refractivity contribution in [2.45, 2.75) is 6.42 Å². The maximum atomic E-state index is 5.44. The highest BCUT2D eigenvalue weighted by Crippen LogP contribution is 2.20. The van der Waals surface area contributed by atoms with Gasteiger partial charge < -0.3 is 5.32 Å². The van der Waals surface area contributed by atoms with Gasteiger partial charge in [-0.1, -0.05) is 18.2 Å². The molecule has 2 nitrogen and oxygen atoms in total. The summed E-state index contributed by atoms with van der Waals surface area (Å²) in [6.45, 7) is 6.21. The molecule has 2 aromatic rings. The Labute approximate surface area is 84.0 Å². The number of fused-ring (bicyclic) bond motifs is 1. The number of nitrogens with zero attached hydrogens (tertiary/aromatic N) is 1. The lowest BCUT2D eigenvalue weighted by Gasteiger charge is -2.06. The van der Waals surface area contributed by atoms with Gasteiger partial charge in [0.1, 0.15) is 0 Å². The van der Waals surface area contributed by atoms with Crippen molar-refractivity contribution in [1.82, 2.24) is 4.98 Å². The molecule has 14 heavy (non-hydrogen) atoms. The van der Waals surface area contributed by atoms with Gasteiger partial charge >= 0.3 is 0 Å². The van der Waals surface area contributed by atoms with E-state index in [1.54, 1.807) is 6.20 Å². The zero-order chi connectivity index (χ0) is 9.80. The molecule has 2 radical (unpaired) electrons. The molecule has 0 atom stereocenters. The third-order valence-corrected chi connectivity index (χ3v) is 2.09. The van der Waals surface area contributed by atoms with Crippen LogP contribution in [0.5, 0.6) is 0 Å². The number of hydrogen-bond donors (Lipinski definition) is 1. The molecule has 1 N–H and O–H groups in total. The lowest BCUT2D eigenvalue weighted by atomic mass is 10.2. The summed E-state index contributed by atoms with van der Waals surface area (Å²) in [5.41, 5.74) is 2.05. The first-order valence-electron chi connectivity index (χ1n) is 4.69. The number of para-hydroxylation sites is 1. The predicted molar refractivity (Wildman–Crippen MR) is 59.1 cm³/mol. The van der Waals surface area contributed by atoms with E-state index in [1.807, 2.05) is 18.2 Å². The molecule has 0 saturated carbocycles. The largest absolute Gasteiger partial charge is 0.383 e. The van der Waals surface area contributed by atoms with Crippen LogP contribution in [0.15, 0.2) is 36.5 Å². The minimum absolute atomic E-state index is 0.628. The summed E-state index contributed by atoms with van der Waals surface area (Å²) in [6, 6.07) is 10.1. The van der Waals surface area contributed by atoms with Crippen molar-refractivity contribution in [3.8, 4) is 0 Å². The summed E-state index contributed by atoms with van der Waals surface area (Å²) < 4.78 is 0. The molecule has 1 heterocycles. The van der Waals surface area contributed by atoms with E-state index in [4.69, 9.17) is 6.92 Å². The second kappa shape index (κ2) is 4.09. The van der Waals surface area contributed by atoms with E-state index in [0.29, 0.717) is 6.42 Å². The lowest BCUT2D eigenvalue weighted by Crippen LogP contribution is -2.00. The molecule has 2 rings (SSSR count). The van der Waals surface area contributed by atoms with Gasteiger partial charge in [0.25, 0.3) is 0 Å². The molecule has 0 fully saturated rings. The Morgan fingerprint density at radius 3 is 2.93 bits per heavy atom. The van der Waals surface area contributed by atoms with Crippen molar-refractivity contribution in [2.24, 2.45) is 0 Å². The number of anilines is 1. The fourth-order valence-corrected chi connectivity index (χ4v) is 1.45. The fourth-order valence-electron chi connectivity index (χ4n) is 1.45. The quantitative estimate of drug-likeness (QED) is 0.793. The summed E-state index contributed by atoms with van der Waals surface area (Å²) in [5, 5.41) is 4.40. The van der Waals surface area contributed by atoms with E-state index < -0.39 is 0 Å². The van der Waals surface area contributed by atoms with Crippen LogP contribution in [0.4, 0.5) is 5.69 Å². The Kier molecular flexibility index (Phi) is 2.63. The van der Waals surface area contributed by atoms with Crippen LogP contribution in [0.1, 0.15) is 6.42 Å². The normalized spacial score (nSPS) is 10.4. The van der Waals surface area contributed by atoms with Crippen LogP contribution in [0.2, 0.25) is 0 Å². The molecule has 70 valence electrons. The minimum atomic E-state index is 0.628. The number of nitrogens with one attached hydrogen (secondary N) is 1. The van der Waals surface area contributed by atoms with Crippen molar-refractivity contribution >= 4 is 16.6 Å². The third-order valence-electron chi connectivity index (χ3n) is 2.09. The fraction of sp³-hybridized carbons (Fsp3) is 0.167. The third kappa shape index (κ3) is 1.69. The van der Waals surface area contributed by atoms with Gasteiger partial charge in [0.05, 0.1) is 11.2 Å². The van der Waals surface area contributed by atoms with Gasteiger partial charge in [-0.15, -0.1) is 0 Å². The summed E-state index contributed by atoms with van der Waals surface area (Å²) in [4.78, 5) is 4.33. The second-order valence-corrected chi connectivity index (χ2v) is 3.10. The highest BCUT2D eigenvalue weighted by atomic mass is 14.9. The van der Waals surface area contributed by atoms with Crippen LogP contribution in [-0.4, -0.2) is 11.5 Å². The number of pyridine rings is 1. The van der Waals surface area contributed by atoms with Gasteiger partial charge in [-0.3, -0.25) is 4.98 Å². The van der Waals surface area contributed by atoms with E-state index in [2.05, 4.69) is 22.4 Å². The summed E-state index contributed by atoms with van der Waals surface area (Å²) in [7, 11) is 0. The molecule has 0 aliphatic rings. The lowest BCUT2D eigenvalue weighted by molar-refractivity contribution is 1.07. The average molecular weight is 184 g/mol. The smallest absolute Gasteiger partial charge is 0.0933 e. The second-order valence-electron chi connectivity index (χ2n) is 3.10. The molecule has 2 heteroatoms. The van der Waals surface area contributed by atoms with Crippen molar-refractivity contribution in [3.63, 3.8) is 0 Å². The topological polar surface area (TPSA) is 24.9 Å². The van der Waals surface area contributed by atoms with Crippen LogP contribution in [0, 0.1) is 6.92 Å². The number of aromatic nitrogens is 1. The van der Waals surface area contributed by atoms with E-state index in [0.717, 1.165) is 23.1 Å². The van der Waals surface area contributed by atoms with E-state index >= 15 is 0 Å². The Hall–Kier alpha value is -1.57. The first kappa shape index (κ1) is 9.00. The van der Waals surface area contributed by atoms with E-state index in [-0.39, 0.29) is 0 Å². The Balaban J connectivity index is 2.43. The zero-order valence-electron chi connectivity index (χ0n) is 7.90. The Morgan fingerprint density at radius 1 is 1.21 bits per heavy atom. The highest BCUT2D eigenvalue weighted by molar-refractivity contribution is 5.90. The number of hydrogen-bond acceptors (Lipinski definition) is 2. The van der Waals surface area contributed by atoms with Crippen molar-refractivity contribution < 1.29 is 0 Å². The SMILES string of the molecule is [CH]CCNc1cccc2cccnc12. The molecule has 1 aromatic heterocycles. The number of rotatable bonds is 3. The molecular formula is C12H12N2. The molecule has 0 aliphatic heterocycles. The highest BCUT2D eigenvalue weighted by Gasteiger charge is 1.98. The molecule has 0 spiro atoms. The zero-order valence-corrected chi connectivity index (χ0v) is 7.90. The standard InChI is InChI=1S/C12H12N2/c1-2-8-13-11-7-3-5-10-6-4-9-14-12(10)11/h1,3-7,9,13H,2,8H2. The maximum Gasteiger partial charge on any atom is 0.0933 e. The van der Waals surface area contributed by atoms with Gasteiger partial charge in [-0.25, -0.2) is 0 Å². The van der Waals surface area contributed by atoms with Crippen LogP contribution in [0.3, 0.4) is 0 Å². The van der Waals surface area contributed by atoms with Crippen molar-refractivity contribution in [3.05, 3.63) is 43.5 Å². The molecule has 0 amide bonds. The van der Waals surface area contributed by atoms with Crippen LogP contribution < -0.4 is 5.32 Å². The molecule has 0 aliphatic carbocycles. The van der Waals surface area contributed by atoms with E-state index in [9.17, 15) is 0 Å². The summed E-state index contributed by atoms with van der Waals surface area (Å²) in [5.74, 6) is 0. The summed E-state index contributed by atoms with van der Waals surface area (Å²) >= 11 is 0. The van der Waals surface area contributed by atoms with E-state index in [1.165, 1.54) is 0 Å². The maximum absolute atomic E-state index is 5.44. The molecule has 0 saturated heterocycles. The monoisotopic (exact) mass is 184 g/mol. The summed E-state index contributed by atoms with van der Waals surface area (Å²) in [6.07, 6.45) is 2.43. The van der Waals surface area contributed by atoms with Gasteiger partial charge in [0.15, 0.2) is 0 Å². The molecule has 1 aromatic carbocycles. The van der Waals surface area contributed by atoms with Gasteiger partial charge in [0, 0.05) is 18.1 Å². The van der Waals surface area contributed by atoms with Gasteiger partial charge in [-0.05, 0) is 25.5 Å². The Bertz CT molecular complexity index is 418. The molecular weight excluding hydrogens is 172 g/mol. The minimum Gasteiger partial charge on any atom is -0.383 e.